The molecule has 0 N–H and O–H groups in total. The van der Waals surface area contributed by atoms with Crippen molar-refractivity contribution in [3.63, 3.8) is 0 Å². The minimum absolute atomic E-state index is 0.000737. The quantitative estimate of drug-likeness (QED) is 0.148. The second-order valence-electron chi connectivity index (χ2n) is 24.1. The fourth-order valence-corrected chi connectivity index (χ4v) is 11.6. The third-order valence-corrected chi connectivity index (χ3v) is 15.8. The Balaban J connectivity index is 1.51. The van der Waals surface area contributed by atoms with Crippen LogP contribution in [0.15, 0.2) is 84.9 Å². The van der Waals surface area contributed by atoms with E-state index in [2.05, 4.69) is 171 Å². The number of hydrogen-bond donors (Lipinski definition) is 0. The van der Waals surface area contributed by atoms with E-state index in [4.69, 9.17) is 62.8 Å². The van der Waals surface area contributed by atoms with Crippen molar-refractivity contribution >= 4 is 161 Å². The summed E-state index contributed by atoms with van der Waals surface area (Å²) in [7, 11) is 56.2. The highest BCUT2D eigenvalue weighted by molar-refractivity contribution is 7.23. The zero-order valence-corrected chi connectivity index (χ0v) is 44.7. The number of rotatable bonds is 7. The van der Waals surface area contributed by atoms with Gasteiger partial charge < -0.3 is 9.80 Å². The van der Waals surface area contributed by atoms with Crippen LogP contribution in [-0.4, -0.2) is 62.8 Å². The predicted molar refractivity (Wildman–Crippen MR) is 316 cm³/mol. The molecule has 7 aromatic rings. The molecule has 0 saturated heterocycles. The molecule has 1 aliphatic rings. The van der Waals surface area contributed by atoms with Crippen molar-refractivity contribution in [3.8, 4) is 11.1 Å². The van der Waals surface area contributed by atoms with Gasteiger partial charge in [-0.1, -0.05) is 147 Å². The molecule has 1 aliphatic carbocycles. The molecule has 0 atom stereocenters. The molecule has 0 spiro atoms. The Morgan fingerprint density at radius 3 is 1.34 bits per heavy atom. The summed E-state index contributed by atoms with van der Waals surface area (Å²) in [5, 5.41) is 2.00. The van der Waals surface area contributed by atoms with Crippen molar-refractivity contribution in [2.45, 2.75) is 137 Å². The summed E-state index contributed by atoms with van der Waals surface area (Å²) in [5.74, 6) is 0. The molecule has 0 amide bonds. The van der Waals surface area contributed by atoms with Gasteiger partial charge in [0.05, 0.1) is 0 Å². The fraction of sp³-hybridized carbons (Fsp3) is 0.356. The van der Waals surface area contributed by atoms with Crippen LogP contribution in [0.25, 0.3) is 21.2 Å². The maximum atomic E-state index is 7.55. The van der Waals surface area contributed by atoms with Crippen LogP contribution in [0.4, 0.5) is 33.4 Å². The van der Waals surface area contributed by atoms with Crippen molar-refractivity contribution in [2.24, 2.45) is 0 Å². The van der Waals surface area contributed by atoms with E-state index in [0.717, 1.165) is 56.2 Å². The molecule has 2 nitrogen and oxygen atoms in total. The van der Waals surface area contributed by atoms with E-state index in [1.807, 2.05) is 20.8 Å². The van der Waals surface area contributed by atoms with E-state index in [9.17, 15) is 0 Å². The molecular weight excluding hydrogens is 855 g/mol. The average Bonchev–Trinajstić information content (AvgIpc) is 3.68. The van der Waals surface area contributed by atoms with Crippen LogP contribution in [0.1, 0.15) is 136 Å². The maximum absolute atomic E-state index is 7.55. The van der Waals surface area contributed by atoms with Crippen LogP contribution in [0, 0.1) is 6.92 Å². The van der Waals surface area contributed by atoms with Gasteiger partial charge >= 0.3 is 0 Å². The highest BCUT2D eigenvalue weighted by Crippen LogP contribution is 2.51. The lowest BCUT2D eigenvalue weighted by atomic mass is 9.57. The SMILES string of the molecule is [B]c1c([B])c([B])c(-c2c([B])c(C(C)(C)C)c([B])c([B])c2N(c2cc(C)cc(N(c3ccc(C(C)(C)C)cc3)c3ccc(C(C)(C)C)cc3)c2)c2cc3cc4c(cc3s2)C(C)(C)CCC4(C)C)c([B])c1[B]. The molecule has 6 aromatic carbocycles. The molecule has 11 heteroatoms. The van der Waals surface area contributed by atoms with Crippen LogP contribution in [0.3, 0.4) is 0 Å². The molecule has 70 heavy (non-hydrogen) atoms. The molecule has 0 unspecified atom stereocenters. The molecule has 336 valence electrons. The lowest BCUT2D eigenvalue weighted by Crippen LogP contribution is -2.56. The van der Waals surface area contributed by atoms with Gasteiger partial charge in [0, 0.05) is 33.1 Å². The average molecular weight is 916 g/mol. The predicted octanol–water partition coefficient (Wildman–Crippen LogP) is 8.41. The van der Waals surface area contributed by atoms with E-state index in [0.29, 0.717) is 38.8 Å². The largest absolute Gasteiger partial charge is 0.310 e. The summed E-state index contributed by atoms with van der Waals surface area (Å²) in [4.78, 5) is 4.48. The number of nitrogens with zero attached hydrogens (tertiary/aromatic N) is 2. The van der Waals surface area contributed by atoms with Crippen LogP contribution in [0.5, 0.6) is 0 Å². The van der Waals surface area contributed by atoms with Gasteiger partial charge in [-0.3, -0.25) is 0 Å². The van der Waals surface area contributed by atoms with Gasteiger partial charge in [0.1, 0.15) is 67.8 Å². The molecule has 0 aliphatic heterocycles. The van der Waals surface area contributed by atoms with E-state index in [-0.39, 0.29) is 49.0 Å². The summed E-state index contributed by atoms with van der Waals surface area (Å²) < 4.78 is 1.14. The van der Waals surface area contributed by atoms with Gasteiger partial charge in [-0.2, -0.15) is 0 Å². The number of aryl methyl sites for hydroxylation is 1. The number of hydrogen-bond acceptors (Lipinski definition) is 3. The topological polar surface area (TPSA) is 6.48 Å². The molecule has 8 rings (SSSR count). The van der Waals surface area contributed by atoms with Crippen LogP contribution in [0.2, 0.25) is 0 Å². The normalized spacial score (nSPS) is 14.7. The Kier molecular flexibility index (Phi) is 13.2. The summed E-state index contributed by atoms with van der Waals surface area (Å²) in [6.45, 7) is 31.1. The van der Waals surface area contributed by atoms with Crippen LogP contribution >= 0.6 is 11.3 Å². The lowest BCUT2D eigenvalue weighted by molar-refractivity contribution is 0.332. The Labute approximate surface area is 434 Å². The number of anilines is 6. The Morgan fingerprint density at radius 1 is 0.443 bits per heavy atom. The molecule has 0 fully saturated rings. The third-order valence-electron chi connectivity index (χ3n) is 14.8. The minimum atomic E-state index is -0.562. The van der Waals surface area contributed by atoms with Crippen molar-refractivity contribution < 1.29 is 0 Å². The second kappa shape index (κ2) is 17.9. The molecule has 16 radical (unpaired) electrons. The molecule has 0 bridgehead atoms. The smallest absolute Gasteiger partial charge is 0.115 e. The first-order valence-electron chi connectivity index (χ1n) is 24.4. The second-order valence-corrected chi connectivity index (χ2v) is 25.2. The van der Waals surface area contributed by atoms with Gasteiger partial charge in [-0.15, -0.1) is 27.7 Å². The summed E-state index contributed by atoms with van der Waals surface area (Å²) in [6, 6.07) is 31.4. The van der Waals surface area contributed by atoms with Gasteiger partial charge in [-0.25, -0.2) is 0 Å². The van der Waals surface area contributed by atoms with Crippen LogP contribution in [-0.2, 0) is 27.1 Å². The zero-order valence-electron chi connectivity index (χ0n) is 43.9. The van der Waals surface area contributed by atoms with Crippen molar-refractivity contribution in [1.82, 2.24) is 0 Å². The summed E-state index contributed by atoms with van der Waals surface area (Å²) >= 11 is 1.68. The minimum Gasteiger partial charge on any atom is -0.310 e. The summed E-state index contributed by atoms with van der Waals surface area (Å²) in [5.41, 5.74) is 12.9. The molecular formula is C59H60B8N2S. The highest BCUT2D eigenvalue weighted by atomic mass is 32.1. The Hall–Kier alpha value is -4.60. The fourth-order valence-electron chi connectivity index (χ4n) is 10.4. The van der Waals surface area contributed by atoms with Crippen molar-refractivity contribution in [2.75, 3.05) is 9.80 Å². The monoisotopic (exact) mass is 917 g/mol. The first-order valence-corrected chi connectivity index (χ1v) is 25.2. The van der Waals surface area contributed by atoms with E-state index in [1.54, 1.807) is 11.3 Å². The van der Waals surface area contributed by atoms with Crippen molar-refractivity contribution in [1.29, 1.82) is 0 Å². The summed E-state index contributed by atoms with van der Waals surface area (Å²) in [6.07, 6.45) is 2.19. The number of benzene rings is 6. The molecule has 1 heterocycles. The Morgan fingerprint density at radius 2 is 0.886 bits per heavy atom. The van der Waals surface area contributed by atoms with E-state index >= 15 is 0 Å². The van der Waals surface area contributed by atoms with Gasteiger partial charge in [-0.05, 0) is 152 Å². The highest BCUT2D eigenvalue weighted by Gasteiger charge is 2.38. The molecule has 0 saturated carbocycles. The Bertz CT molecular complexity index is 3060. The third kappa shape index (κ3) is 9.13. The zero-order chi connectivity index (χ0) is 51.5. The standard InChI is InChI=1S/C59H60B8N2S/c1-31-25-37(68(35-19-15-33(16-20-35)55(2,3)4)36-21-17-34(18-22-36)56(5,6)7)29-38(26-31)69(42-28-32-27-39-40(30-41(32)70-42)59(13,14)24-23-58(39,11)12)54-44(43-47(61)50(64)52(66)51(65)48(43)62)46(60)45(57(8,9)10)49(63)53(54)67/h15-22,25-30H,23-24H2,1-14H3. The first-order chi connectivity index (χ1) is 32.3. The van der Waals surface area contributed by atoms with E-state index in [1.165, 1.54) is 22.3 Å². The molecule has 1 aromatic heterocycles. The number of thiophene rings is 1. The lowest BCUT2D eigenvalue weighted by Gasteiger charge is -2.41. The maximum Gasteiger partial charge on any atom is 0.115 e. The number of fused-ring (bicyclic) bond motifs is 2. The van der Waals surface area contributed by atoms with E-state index < -0.39 is 5.41 Å². The van der Waals surface area contributed by atoms with Gasteiger partial charge in [0.15, 0.2) is 0 Å². The van der Waals surface area contributed by atoms with Crippen molar-refractivity contribution in [3.05, 3.63) is 118 Å². The van der Waals surface area contributed by atoms with Gasteiger partial charge in [0.2, 0.25) is 0 Å². The van der Waals surface area contributed by atoms with Crippen LogP contribution < -0.4 is 53.5 Å². The first kappa shape index (κ1) is 51.7. The van der Waals surface area contributed by atoms with Gasteiger partial charge in [0.25, 0.3) is 0 Å².